The molecule has 1 amide bonds. The van der Waals surface area contributed by atoms with Crippen LogP contribution in [-0.2, 0) is 11.2 Å². The van der Waals surface area contributed by atoms with Gasteiger partial charge in [-0.05, 0) is 17.9 Å². The van der Waals surface area contributed by atoms with E-state index in [-0.39, 0.29) is 17.9 Å². The highest BCUT2D eigenvalue weighted by molar-refractivity contribution is 7.17. The summed E-state index contributed by atoms with van der Waals surface area (Å²) < 4.78 is 0.602. The summed E-state index contributed by atoms with van der Waals surface area (Å²) in [5, 5.41) is 4.61. The smallest absolute Gasteiger partial charge is 0.268 e. The zero-order valence-electron chi connectivity index (χ0n) is 10.2. The number of H-pyrrole nitrogens is 1. The number of fused-ring (bicyclic) bond motifs is 1. The molecule has 2 rings (SSSR count). The Morgan fingerprint density at radius 1 is 1.56 bits per heavy atom. The summed E-state index contributed by atoms with van der Waals surface area (Å²) in [5.41, 5.74) is 0.478. The first-order valence-electron chi connectivity index (χ1n) is 5.94. The molecule has 0 unspecified atom stereocenters. The van der Waals surface area contributed by atoms with Gasteiger partial charge < -0.3 is 10.3 Å². The van der Waals surface area contributed by atoms with E-state index in [1.807, 2.05) is 5.38 Å². The quantitative estimate of drug-likeness (QED) is 0.803. The van der Waals surface area contributed by atoms with Gasteiger partial charge in [0.2, 0.25) is 5.91 Å². The molecule has 2 heterocycles. The van der Waals surface area contributed by atoms with Crippen molar-refractivity contribution < 1.29 is 4.79 Å². The Bertz CT molecular complexity index is 603. The molecule has 2 N–H and O–H groups in total. The second kappa shape index (κ2) is 5.77. The van der Waals surface area contributed by atoms with Crippen LogP contribution < -0.4 is 10.9 Å². The number of aromatic nitrogens is 2. The molecule has 0 atom stereocenters. The monoisotopic (exact) mass is 265 g/mol. The van der Waals surface area contributed by atoms with Crippen LogP contribution in [0.1, 0.15) is 25.6 Å². The number of aromatic amines is 1. The van der Waals surface area contributed by atoms with Gasteiger partial charge in [0.15, 0.2) is 0 Å². The number of carbonyl (C=O) groups excluding carboxylic acids is 1. The number of carbonyl (C=O) groups is 1. The average Bonchev–Trinajstić information content (AvgIpc) is 2.78. The number of unbranched alkanes of at least 4 members (excludes halogenated alkanes) is 1. The van der Waals surface area contributed by atoms with Crippen LogP contribution in [-0.4, -0.2) is 22.4 Å². The van der Waals surface area contributed by atoms with Crippen LogP contribution >= 0.6 is 11.3 Å². The van der Waals surface area contributed by atoms with Gasteiger partial charge in [0, 0.05) is 6.54 Å². The van der Waals surface area contributed by atoms with Gasteiger partial charge in [-0.3, -0.25) is 9.59 Å². The van der Waals surface area contributed by atoms with Gasteiger partial charge in [-0.15, -0.1) is 11.3 Å². The number of thiophene rings is 1. The summed E-state index contributed by atoms with van der Waals surface area (Å²) in [6.45, 7) is 2.73. The summed E-state index contributed by atoms with van der Waals surface area (Å²) in [7, 11) is 0. The highest BCUT2D eigenvalue weighted by Gasteiger charge is 2.08. The van der Waals surface area contributed by atoms with Gasteiger partial charge in [-0.25, -0.2) is 4.98 Å². The van der Waals surface area contributed by atoms with E-state index in [1.165, 1.54) is 11.3 Å². The van der Waals surface area contributed by atoms with Crippen LogP contribution in [0.15, 0.2) is 16.2 Å². The van der Waals surface area contributed by atoms with E-state index < -0.39 is 0 Å². The molecule has 18 heavy (non-hydrogen) atoms. The van der Waals surface area contributed by atoms with Crippen molar-refractivity contribution in [3.05, 3.63) is 27.6 Å². The minimum absolute atomic E-state index is 0.110. The first kappa shape index (κ1) is 12.8. The van der Waals surface area contributed by atoms with Crippen LogP contribution in [0.5, 0.6) is 0 Å². The minimum atomic E-state index is -0.175. The standard InChI is InChI=1S/C12H15N3O2S/c1-2-3-5-13-10(16)7-9-14-8-4-6-18-11(8)12(17)15-9/h4,6H,2-3,5,7H2,1H3,(H,13,16)(H,14,15,17). The lowest BCUT2D eigenvalue weighted by molar-refractivity contribution is -0.120. The van der Waals surface area contributed by atoms with Gasteiger partial charge in [0.25, 0.3) is 5.56 Å². The van der Waals surface area contributed by atoms with Crippen molar-refractivity contribution in [2.75, 3.05) is 6.54 Å². The highest BCUT2D eigenvalue weighted by atomic mass is 32.1. The SMILES string of the molecule is CCCCNC(=O)Cc1nc2ccsc2c(=O)[nH]1. The number of nitrogens with one attached hydrogen (secondary N) is 2. The van der Waals surface area contributed by atoms with Crippen molar-refractivity contribution in [2.24, 2.45) is 0 Å². The number of rotatable bonds is 5. The van der Waals surface area contributed by atoms with Crippen LogP contribution in [0.4, 0.5) is 0 Å². The van der Waals surface area contributed by atoms with Crippen molar-refractivity contribution in [1.82, 2.24) is 15.3 Å². The third-order valence-electron chi connectivity index (χ3n) is 2.54. The lowest BCUT2D eigenvalue weighted by Crippen LogP contribution is -2.27. The van der Waals surface area contributed by atoms with E-state index >= 15 is 0 Å². The molecular weight excluding hydrogens is 250 g/mol. The molecule has 0 aliphatic carbocycles. The number of hydrogen-bond acceptors (Lipinski definition) is 4. The second-order valence-corrected chi connectivity index (χ2v) is 4.94. The Labute approximate surface area is 108 Å². The molecule has 0 aliphatic heterocycles. The van der Waals surface area contributed by atoms with E-state index in [2.05, 4.69) is 22.2 Å². The third-order valence-corrected chi connectivity index (χ3v) is 3.45. The molecule has 96 valence electrons. The summed E-state index contributed by atoms with van der Waals surface area (Å²) >= 11 is 1.35. The van der Waals surface area contributed by atoms with Crippen LogP contribution in [0.25, 0.3) is 10.2 Å². The fourth-order valence-corrected chi connectivity index (χ4v) is 2.35. The van der Waals surface area contributed by atoms with Crippen molar-refractivity contribution in [1.29, 1.82) is 0 Å². The Balaban J connectivity index is 2.07. The molecule has 0 bridgehead atoms. The Morgan fingerprint density at radius 3 is 3.17 bits per heavy atom. The van der Waals surface area contributed by atoms with Crippen molar-refractivity contribution in [3.8, 4) is 0 Å². The molecule has 0 spiro atoms. The fourth-order valence-electron chi connectivity index (χ4n) is 1.62. The lowest BCUT2D eigenvalue weighted by Gasteiger charge is -2.03. The molecule has 0 aromatic carbocycles. The van der Waals surface area contributed by atoms with Crippen molar-refractivity contribution in [2.45, 2.75) is 26.2 Å². The Hall–Kier alpha value is -1.69. The van der Waals surface area contributed by atoms with Crippen molar-refractivity contribution in [3.63, 3.8) is 0 Å². The molecule has 0 saturated carbocycles. The average molecular weight is 265 g/mol. The van der Waals surface area contributed by atoms with Gasteiger partial charge in [-0.2, -0.15) is 0 Å². The maximum Gasteiger partial charge on any atom is 0.268 e. The fraction of sp³-hybridized carbons (Fsp3) is 0.417. The first-order chi connectivity index (χ1) is 8.70. The molecule has 6 heteroatoms. The molecule has 0 fully saturated rings. The van der Waals surface area contributed by atoms with Crippen LogP contribution in [0, 0.1) is 0 Å². The third kappa shape index (κ3) is 2.95. The van der Waals surface area contributed by atoms with Gasteiger partial charge in [0.05, 0.1) is 11.9 Å². The molecule has 5 nitrogen and oxygen atoms in total. The van der Waals surface area contributed by atoms with Crippen molar-refractivity contribution >= 4 is 27.5 Å². The number of hydrogen-bond donors (Lipinski definition) is 2. The topological polar surface area (TPSA) is 74.8 Å². The highest BCUT2D eigenvalue weighted by Crippen LogP contribution is 2.13. The van der Waals surface area contributed by atoms with Crippen LogP contribution in [0.3, 0.4) is 0 Å². The van der Waals surface area contributed by atoms with Gasteiger partial charge in [-0.1, -0.05) is 13.3 Å². The molecular formula is C12H15N3O2S. The Morgan fingerprint density at radius 2 is 2.39 bits per heavy atom. The second-order valence-electron chi connectivity index (χ2n) is 4.03. The summed E-state index contributed by atoms with van der Waals surface area (Å²) in [6, 6.07) is 1.79. The summed E-state index contributed by atoms with van der Waals surface area (Å²) in [5.74, 6) is 0.307. The molecule has 2 aromatic heterocycles. The molecule has 0 saturated heterocycles. The predicted octanol–water partition coefficient (Wildman–Crippen LogP) is 1.44. The minimum Gasteiger partial charge on any atom is -0.356 e. The molecule has 0 aliphatic rings. The van der Waals surface area contributed by atoms with Gasteiger partial charge >= 0.3 is 0 Å². The predicted molar refractivity (Wildman–Crippen MR) is 71.9 cm³/mol. The number of amides is 1. The van der Waals surface area contributed by atoms with E-state index in [0.717, 1.165) is 12.8 Å². The Kier molecular flexibility index (Phi) is 4.09. The summed E-state index contributed by atoms with van der Waals surface area (Å²) in [6.07, 6.45) is 2.11. The maximum atomic E-state index is 11.7. The largest absolute Gasteiger partial charge is 0.356 e. The zero-order chi connectivity index (χ0) is 13.0. The van der Waals surface area contributed by atoms with E-state index in [9.17, 15) is 9.59 Å². The number of nitrogens with zero attached hydrogens (tertiary/aromatic N) is 1. The normalized spacial score (nSPS) is 10.7. The zero-order valence-corrected chi connectivity index (χ0v) is 11.0. The van der Waals surface area contributed by atoms with E-state index in [1.54, 1.807) is 6.07 Å². The lowest BCUT2D eigenvalue weighted by atomic mass is 10.3. The van der Waals surface area contributed by atoms with E-state index in [0.29, 0.717) is 22.6 Å². The maximum absolute atomic E-state index is 11.7. The first-order valence-corrected chi connectivity index (χ1v) is 6.81. The van der Waals surface area contributed by atoms with E-state index in [4.69, 9.17) is 0 Å². The van der Waals surface area contributed by atoms with Crippen LogP contribution in [0.2, 0.25) is 0 Å². The summed E-state index contributed by atoms with van der Waals surface area (Å²) in [4.78, 5) is 30.2. The van der Waals surface area contributed by atoms with Gasteiger partial charge in [0.1, 0.15) is 10.5 Å². The molecule has 2 aromatic rings. The molecule has 0 radical (unpaired) electrons.